The standard InChI is InChI=1S/C16H18FN3O3/c17-13-6-4-12(5-7-13)15(21)10-20-9-14(18-19-20)11-23-16-3-1-2-8-22-16/h4-7,9,16H,1-3,8,10-11H2. The topological polar surface area (TPSA) is 66.2 Å². The molecule has 0 bridgehead atoms. The molecule has 1 fully saturated rings. The summed E-state index contributed by atoms with van der Waals surface area (Å²) in [6.07, 6.45) is 4.54. The molecule has 1 atom stereocenters. The Labute approximate surface area is 133 Å². The quantitative estimate of drug-likeness (QED) is 0.765. The highest BCUT2D eigenvalue weighted by Crippen LogP contribution is 2.15. The third-order valence-electron chi connectivity index (χ3n) is 3.61. The van der Waals surface area contributed by atoms with Crippen molar-refractivity contribution in [3.05, 3.63) is 47.5 Å². The molecule has 6 nitrogen and oxygen atoms in total. The van der Waals surface area contributed by atoms with Gasteiger partial charge in [0.1, 0.15) is 18.1 Å². The van der Waals surface area contributed by atoms with Crippen molar-refractivity contribution in [1.82, 2.24) is 15.0 Å². The second kappa shape index (κ2) is 7.43. The zero-order valence-corrected chi connectivity index (χ0v) is 12.7. The number of hydrogen-bond acceptors (Lipinski definition) is 5. The van der Waals surface area contributed by atoms with E-state index in [0.29, 0.717) is 17.9 Å². The zero-order valence-electron chi connectivity index (χ0n) is 12.7. The fourth-order valence-electron chi connectivity index (χ4n) is 2.38. The van der Waals surface area contributed by atoms with Crippen molar-refractivity contribution in [3.63, 3.8) is 0 Å². The largest absolute Gasteiger partial charge is 0.353 e. The number of ether oxygens (including phenoxy) is 2. The summed E-state index contributed by atoms with van der Waals surface area (Å²) < 4.78 is 25.4. The Hall–Kier alpha value is -2.12. The van der Waals surface area contributed by atoms with Gasteiger partial charge in [0, 0.05) is 12.2 Å². The van der Waals surface area contributed by atoms with E-state index in [2.05, 4.69) is 10.3 Å². The van der Waals surface area contributed by atoms with Crippen molar-refractivity contribution in [1.29, 1.82) is 0 Å². The van der Waals surface area contributed by atoms with Gasteiger partial charge < -0.3 is 9.47 Å². The Morgan fingerprint density at radius 3 is 2.91 bits per heavy atom. The highest BCUT2D eigenvalue weighted by atomic mass is 19.1. The van der Waals surface area contributed by atoms with Crippen LogP contribution < -0.4 is 0 Å². The first kappa shape index (κ1) is 15.8. The maximum Gasteiger partial charge on any atom is 0.184 e. The van der Waals surface area contributed by atoms with Crippen molar-refractivity contribution in [2.75, 3.05) is 6.61 Å². The van der Waals surface area contributed by atoms with Crippen LogP contribution in [0, 0.1) is 5.82 Å². The number of Topliss-reactive ketones (excluding diaryl/α,β-unsaturated/α-hetero) is 1. The van der Waals surface area contributed by atoms with Crippen molar-refractivity contribution in [3.8, 4) is 0 Å². The molecule has 1 aliphatic rings. The molecule has 7 heteroatoms. The minimum atomic E-state index is -0.369. The van der Waals surface area contributed by atoms with Gasteiger partial charge in [0.25, 0.3) is 0 Å². The van der Waals surface area contributed by atoms with Gasteiger partial charge in [-0.2, -0.15) is 0 Å². The Bertz CT molecular complexity index is 651. The van der Waals surface area contributed by atoms with Crippen molar-refractivity contribution >= 4 is 5.78 Å². The minimum absolute atomic E-state index is 0.0541. The van der Waals surface area contributed by atoms with E-state index in [4.69, 9.17) is 9.47 Å². The first-order valence-corrected chi connectivity index (χ1v) is 7.62. The highest BCUT2D eigenvalue weighted by molar-refractivity contribution is 5.95. The summed E-state index contributed by atoms with van der Waals surface area (Å²) in [6, 6.07) is 5.44. The lowest BCUT2D eigenvalue weighted by atomic mass is 10.1. The average Bonchev–Trinajstić information content (AvgIpc) is 3.02. The monoisotopic (exact) mass is 319 g/mol. The van der Waals surface area contributed by atoms with Crippen LogP contribution >= 0.6 is 0 Å². The maximum atomic E-state index is 12.9. The lowest BCUT2D eigenvalue weighted by molar-refractivity contribution is -0.169. The van der Waals surface area contributed by atoms with E-state index < -0.39 is 0 Å². The normalized spacial score (nSPS) is 18.0. The van der Waals surface area contributed by atoms with Crippen LogP contribution in [-0.4, -0.2) is 33.7 Å². The third kappa shape index (κ3) is 4.43. The van der Waals surface area contributed by atoms with Gasteiger partial charge in [-0.3, -0.25) is 4.79 Å². The number of ketones is 1. The fourth-order valence-corrected chi connectivity index (χ4v) is 2.38. The molecule has 0 saturated carbocycles. The molecular formula is C16H18FN3O3. The number of benzene rings is 1. The van der Waals surface area contributed by atoms with Gasteiger partial charge in [0.15, 0.2) is 12.1 Å². The Morgan fingerprint density at radius 2 is 2.17 bits per heavy atom. The predicted octanol–water partition coefficient (Wildman–Crippen LogP) is 2.34. The second-order valence-electron chi connectivity index (χ2n) is 5.44. The Morgan fingerprint density at radius 1 is 1.35 bits per heavy atom. The van der Waals surface area contributed by atoms with Crippen LogP contribution in [0.1, 0.15) is 35.3 Å². The lowest BCUT2D eigenvalue weighted by Crippen LogP contribution is -2.22. The van der Waals surface area contributed by atoms with Crippen LogP contribution in [0.25, 0.3) is 0 Å². The highest BCUT2D eigenvalue weighted by Gasteiger charge is 2.15. The van der Waals surface area contributed by atoms with Gasteiger partial charge in [0.2, 0.25) is 0 Å². The molecule has 1 aromatic heterocycles. The first-order chi connectivity index (χ1) is 11.2. The first-order valence-electron chi connectivity index (χ1n) is 7.62. The van der Waals surface area contributed by atoms with E-state index in [1.807, 2.05) is 0 Å². The molecule has 23 heavy (non-hydrogen) atoms. The van der Waals surface area contributed by atoms with E-state index >= 15 is 0 Å². The Balaban J connectivity index is 1.52. The van der Waals surface area contributed by atoms with Gasteiger partial charge in [-0.05, 0) is 43.5 Å². The molecule has 0 spiro atoms. The van der Waals surface area contributed by atoms with Crippen LogP contribution in [-0.2, 0) is 22.6 Å². The van der Waals surface area contributed by atoms with Crippen molar-refractivity contribution < 1.29 is 18.7 Å². The molecule has 0 N–H and O–H groups in total. The van der Waals surface area contributed by atoms with E-state index in [1.54, 1.807) is 6.20 Å². The van der Waals surface area contributed by atoms with Crippen LogP contribution in [0.2, 0.25) is 0 Å². The maximum absolute atomic E-state index is 12.9. The molecule has 2 aromatic rings. The molecule has 1 saturated heterocycles. The van der Waals surface area contributed by atoms with Crippen molar-refractivity contribution in [2.45, 2.75) is 38.7 Å². The van der Waals surface area contributed by atoms with Gasteiger partial charge in [-0.25, -0.2) is 9.07 Å². The number of carbonyl (C=O) groups is 1. The predicted molar refractivity (Wildman–Crippen MR) is 79.1 cm³/mol. The molecular weight excluding hydrogens is 301 g/mol. The number of halogens is 1. The molecule has 0 amide bonds. The SMILES string of the molecule is O=C(Cn1cc(COC2CCCCO2)nn1)c1ccc(F)cc1. The lowest BCUT2D eigenvalue weighted by Gasteiger charge is -2.22. The van der Waals surface area contributed by atoms with Crippen molar-refractivity contribution in [2.24, 2.45) is 0 Å². The molecule has 1 aromatic carbocycles. The molecule has 122 valence electrons. The molecule has 1 unspecified atom stereocenters. The third-order valence-corrected chi connectivity index (χ3v) is 3.61. The Kier molecular flexibility index (Phi) is 5.09. The van der Waals surface area contributed by atoms with Crippen LogP contribution in [0.4, 0.5) is 4.39 Å². The summed E-state index contributed by atoms with van der Waals surface area (Å²) in [4.78, 5) is 12.1. The van der Waals surface area contributed by atoms with Gasteiger partial charge >= 0.3 is 0 Å². The van der Waals surface area contributed by atoms with E-state index in [-0.39, 0.29) is 24.4 Å². The molecule has 0 aliphatic carbocycles. The van der Waals surface area contributed by atoms with E-state index in [9.17, 15) is 9.18 Å². The number of aromatic nitrogens is 3. The smallest absolute Gasteiger partial charge is 0.184 e. The number of hydrogen-bond donors (Lipinski definition) is 0. The van der Waals surface area contributed by atoms with Crippen LogP contribution in [0.15, 0.2) is 30.5 Å². The van der Waals surface area contributed by atoms with Gasteiger partial charge in [-0.15, -0.1) is 5.10 Å². The number of nitrogens with zero attached hydrogens (tertiary/aromatic N) is 3. The molecule has 1 aliphatic heterocycles. The van der Waals surface area contributed by atoms with Crippen LogP contribution in [0.3, 0.4) is 0 Å². The summed E-state index contributed by atoms with van der Waals surface area (Å²) in [5.41, 5.74) is 1.08. The number of rotatable bonds is 6. The summed E-state index contributed by atoms with van der Waals surface area (Å²) in [5, 5.41) is 7.90. The van der Waals surface area contributed by atoms with E-state index in [0.717, 1.165) is 25.9 Å². The van der Waals surface area contributed by atoms with Gasteiger partial charge in [0.05, 0.1) is 12.8 Å². The fraction of sp³-hybridized carbons (Fsp3) is 0.438. The van der Waals surface area contributed by atoms with Crippen LogP contribution in [0.5, 0.6) is 0 Å². The zero-order chi connectivity index (χ0) is 16.1. The van der Waals surface area contributed by atoms with Gasteiger partial charge in [-0.1, -0.05) is 5.21 Å². The average molecular weight is 319 g/mol. The van der Waals surface area contributed by atoms with E-state index in [1.165, 1.54) is 28.9 Å². The number of carbonyl (C=O) groups excluding carboxylic acids is 1. The molecule has 2 heterocycles. The minimum Gasteiger partial charge on any atom is -0.353 e. The second-order valence-corrected chi connectivity index (χ2v) is 5.44. The summed E-state index contributed by atoms with van der Waals surface area (Å²) in [5.74, 6) is -0.523. The molecule has 0 radical (unpaired) electrons. The molecule has 3 rings (SSSR count). The summed E-state index contributed by atoms with van der Waals surface area (Å²) in [6.45, 7) is 1.08. The summed E-state index contributed by atoms with van der Waals surface area (Å²) in [7, 11) is 0. The summed E-state index contributed by atoms with van der Waals surface area (Å²) >= 11 is 0.